The SMILES string of the molecule is COc1cc(CC(=O)O)n(C)c1C(=O)c1ccc(Cl)n1C. The molecule has 0 amide bonds. The van der Waals surface area contributed by atoms with Crippen LogP contribution >= 0.6 is 11.6 Å². The molecule has 0 saturated carbocycles. The van der Waals surface area contributed by atoms with E-state index in [1.807, 2.05) is 0 Å². The van der Waals surface area contributed by atoms with E-state index in [0.29, 0.717) is 28.0 Å². The van der Waals surface area contributed by atoms with Crippen molar-refractivity contribution in [2.24, 2.45) is 14.1 Å². The molecule has 2 aromatic rings. The number of carbonyl (C=O) groups excluding carboxylic acids is 1. The van der Waals surface area contributed by atoms with E-state index in [0.717, 1.165) is 0 Å². The van der Waals surface area contributed by atoms with Gasteiger partial charge in [0.15, 0.2) is 0 Å². The minimum atomic E-state index is -0.973. The second kappa shape index (κ2) is 5.65. The van der Waals surface area contributed by atoms with E-state index >= 15 is 0 Å². The lowest BCUT2D eigenvalue weighted by Crippen LogP contribution is -2.14. The first-order valence-electron chi connectivity index (χ1n) is 6.17. The van der Waals surface area contributed by atoms with Crippen LogP contribution in [0.5, 0.6) is 5.75 Å². The van der Waals surface area contributed by atoms with Crippen molar-refractivity contribution in [2.45, 2.75) is 6.42 Å². The predicted octanol–water partition coefficient (Wildman–Crippen LogP) is 1.88. The molecular formula is C14H15ClN2O4. The molecule has 0 aliphatic rings. The molecule has 112 valence electrons. The summed E-state index contributed by atoms with van der Waals surface area (Å²) in [5.41, 5.74) is 1.19. The number of aliphatic carboxylic acids is 1. The van der Waals surface area contributed by atoms with Gasteiger partial charge in [-0.25, -0.2) is 0 Å². The van der Waals surface area contributed by atoms with Gasteiger partial charge < -0.3 is 19.0 Å². The summed E-state index contributed by atoms with van der Waals surface area (Å²) in [5.74, 6) is -0.907. The molecule has 0 saturated heterocycles. The van der Waals surface area contributed by atoms with E-state index in [1.165, 1.54) is 11.7 Å². The molecule has 0 spiro atoms. The quantitative estimate of drug-likeness (QED) is 0.856. The summed E-state index contributed by atoms with van der Waals surface area (Å²) in [6, 6.07) is 4.81. The number of ketones is 1. The summed E-state index contributed by atoms with van der Waals surface area (Å²) >= 11 is 5.94. The molecular weight excluding hydrogens is 296 g/mol. The van der Waals surface area contributed by atoms with Crippen LogP contribution in [0.3, 0.4) is 0 Å². The summed E-state index contributed by atoms with van der Waals surface area (Å²) < 4.78 is 8.30. The van der Waals surface area contributed by atoms with Gasteiger partial charge in [-0.3, -0.25) is 9.59 Å². The highest BCUT2D eigenvalue weighted by Gasteiger charge is 2.24. The average molecular weight is 311 g/mol. The van der Waals surface area contributed by atoms with Gasteiger partial charge in [-0.15, -0.1) is 0 Å². The minimum absolute atomic E-state index is 0.186. The van der Waals surface area contributed by atoms with Gasteiger partial charge in [0.2, 0.25) is 5.78 Å². The predicted molar refractivity (Wildman–Crippen MR) is 77.2 cm³/mol. The number of nitrogens with zero attached hydrogens (tertiary/aromatic N) is 2. The maximum absolute atomic E-state index is 12.7. The van der Waals surface area contributed by atoms with Crippen LogP contribution in [-0.4, -0.2) is 33.1 Å². The lowest BCUT2D eigenvalue weighted by atomic mass is 10.2. The molecule has 2 rings (SSSR count). The van der Waals surface area contributed by atoms with Gasteiger partial charge in [-0.2, -0.15) is 0 Å². The van der Waals surface area contributed by atoms with Crippen LogP contribution in [0.4, 0.5) is 0 Å². The van der Waals surface area contributed by atoms with Crippen LogP contribution in [0, 0.1) is 0 Å². The molecule has 6 nitrogen and oxygen atoms in total. The number of aromatic nitrogens is 2. The number of halogens is 1. The third-order valence-electron chi connectivity index (χ3n) is 3.36. The van der Waals surface area contributed by atoms with Gasteiger partial charge in [0.25, 0.3) is 0 Å². The first-order chi connectivity index (χ1) is 9.86. The molecule has 0 aliphatic heterocycles. The number of hydrogen-bond acceptors (Lipinski definition) is 3. The Morgan fingerprint density at radius 1 is 1.29 bits per heavy atom. The maximum Gasteiger partial charge on any atom is 0.309 e. The minimum Gasteiger partial charge on any atom is -0.494 e. The topological polar surface area (TPSA) is 73.5 Å². The van der Waals surface area contributed by atoms with Crippen LogP contribution in [0.15, 0.2) is 18.2 Å². The third-order valence-corrected chi connectivity index (χ3v) is 3.74. The summed E-state index contributed by atoms with van der Waals surface area (Å²) in [5, 5.41) is 9.35. The second-order valence-corrected chi connectivity index (χ2v) is 5.00. The zero-order valence-corrected chi connectivity index (χ0v) is 12.6. The van der Waals surface area contributed by atoms with Crippen LogP contribution < -0.4 is 4.74 Å². The van der Waals surface area contributed by atoms with E-state index in [2.05, 4.69) is 0 Å². The molecule has 2 aromatic heterocycles. The fourth-order valence-corrected chi connectivity index (χ4v) is 2.36. The highest BCUT2D eigenvalue weighted by molar-refractivity contribution is 6.30. The zero-order valence-electron chi connectivity index (χ0n) is 11.9. The van der Waals surface area contributed by atoms with E-state index in [1.54, 1.807) is 36.9 Å². The van der Waals surface area contributed by atoms with Crippen LogP contribution in [0.25, 0.3) is 0 Å². The molecule has 7 heteroatoms. The maximum atomic E-state index is 12.7. The van der Waals surface area contributed by atoms with Crippen LogP contribution in [0.1, 0.15) is 21.9 Å². The van der Waals surface area contributed by atoms with Gasteiger partial charge in [0.1, 0.15) is 16.6 Å². The van der Waals surface area contributed by atoms with Crippen molar-refractivity contribution < 1.29 is 19.4 Å². The Morgan fingerprint density at radius 3 is 2.43 bits per heavy atom. The molecule has 1 N–H and O–H groups in total. The number of carbonyl (C=O) groups is 2. The Labute approximate surface area is 126 Å². The molecule has 0 aliphatic carbocycles. The Bertz CT molecular complexity index is 715. The first-order valence-corrected chi connectivity index (χ1v) is 6.55. The smallest absolute Gasteiger partial charge is 0.309 e. The molecule has 0 aromatic carbocycles. The number of hydrogen-bond donors (Lipinski definition) is 1. The third kappa shape index (κ3) is 2.67. The second-order valence-electron chi connectivity index (χ2n) is 4.61. The van der Waals surface area contributed by atoms with Crippen molar-refractivity contribution in [3.05, 3.63) is 40.4 Å². The zero-order chi connectivity index (χ0) is 15.7. The fraction of sp³-hybridized carbons (Fsp3) is 0.286. The lowest BCUT2D eigenvalue weighted by molar-refractivity contribution is -0.136. The highest BCUT2D eigenvalue weighted by atomic mass is 35.5. The van der Waals surface area contributed by atoms with E-state index in [9.17, 15) is 9.59 Å². The first kappa shape index (κ1) is 15.2. The fourth-order valence-electron chi connectivity index (χ4n) is 2.21. The highest BCUT2D eigenvalue weighted by Crippen LogP contribution is 2.27. The number of carboxylic acids is 1. The number of carboxylic acid groups (broad SMARTS) is 1. The largest absolute Gasteiger partial charge is 0.494 e. The molecule has 0 bridgehead atoms. The van der Waals surface area contributed by atoms with E-state index in [-0.39, 0.29) is 12.2 Å². The van der Waals surface area contributed by atoms with Crippen molar-refractivity contribution in [1.29, 1.82) is 0 Å². The van der Waals surface area contributed by atoms with Crippen molar-refractivity contribution in [3.63, 3.8) is 0 Å². The monoisotopic (exact) mass is 310 g/mol. The molecule has 21 heavy (non-hydrogen) atoms. The number of methoxy groups -OCH3 is 1. The molecule has 0 unspecified atom stereocenters. The van der Waals surface area contributed by atoms with E-state index < -0.39 is 5.97 Å². The lowest BCUT2D eigenvalue weighted by Gasteiger charge is -2.08. The van der Waals surface area contributed by atoms with Crippen molar-refractivity contribution in [2.75, 3.05) is 7.11 Å². The Morgan fingerprint density at radius 2 is 1.95 bits per heavy atom. The van der Waals surface area contributed by atoms with Crippen LogP contribution in [-0.2, 0) is 25.3 Å². The van der Waals surface area contributed by atoms with Gasteiger partial charge >= 0.3 is 5.97 Å². The summed E-state index contributed by atoms with van der Waals surface area (Å²) in [4.78, 5) is 23.5. The molecule has 2 heterocycles. The van der Waals surface area contributed by atoms with Crippen molar-refractivity contribution in [3.8, 4) is 5.75 Å². The Hall–Kier alpha value is -2.21. The van der Waals surface area contributed by atoms with Crippen LogP contribution in [0.2, 0.25) is 5.15 Å². The van der Waals surface area contributed by atoms with Crippen molar-refractivity contribution >= 4 is 23.4 Å². The Balaban J connectivity index is 2.52. The Kier molecular flexibility index (Phi) is 4.09. The molecule has 0 atom stereocenters. The summed E-state index contributed by atoms with van der Waals surface area (Å²) in [6.07, 6.45) is -0.186. The van der Waals surface area contributed by atoms with E-state index in [4.69, 9.17) is 21.4 Å². The van der Waals surface area contributed by atoms with Gasteiger partial charge in [-0.1, -0.05) is 11.6 Å². The number of ether oxygens (including phenoxy) is 1. The van der Waals surface area contributed by atoms with Gasteiger partial charge in [0, 0.05) is 25.9 Å². The standard InChI is InChI=1S/C14H15ClN2O4/c1-16-8(7-12(18)19)6-10(21-3)13(16)14(20)9-4-5-11(15)17(9)2/h4-6H,7H2,1-3H3,(H,18,19). The molecule has 0 radical (unpaired) electrons. The molecule has 0 fully saturated rings. The van der Waals surface area contributed by atoms with Crippen molar-refractivity contribution in [1.82, 2.24) is 9.13 Å². The normalized spacial score (nSPS) is 10.7. The number of rotatable bonds is 5. The van der Waals surface area contributed by atoms with Gasteiger partial charge in [-0.05, 0) is 12.1 Å². The average Bonchev–Trinajstić information content (AvgIpc) is 2.91. The summed E-state index contributed by atoms with van der Waals surface area (Å²) in [6.45, 7) is 0. The van der Waals surface area contributed by atoms with Gasteiger partial charge in [0.05, 0.1) is 19.2 Å². The summed E-state index contributed by atoms with van der Waals surface area (Å²) in [7, 11) is 4.76.